The average Bonchev–Trinajstić information content (AvgIpc) is 3.31. The van der Waals surface area contributed by atoms with Crippen molar-refractivity contribution in [2.24, 2.45) is 5.41 Å². The molecule has 0 N–H and O–H groups in total. The predicted molar refractivity (Wildman–Crippen MR) is 114 cm³/mol. The molecule has 5 nitrogen and oxygen atoms in total. The van der Waals surface area contributed by atoms with Gasteiger partial charge in [-0.15, -0.1) is 13.1 Å². The van der Waals surface area contributed by atoms with Crippen molar-refractivity contribution in [3.63, 3.8) is 0 Å². The minimum absolute atomic E-state index is 0. The van der Waals surface area contributed by atoms with Gasteiger partial charge in [-0.25, -0.2) is 0 Å². The van der Waals surface area contributed by atoms with Crippen LogP contribution in [0.1, 0.15) is 62.2 Å². The summed E-state index contributed by atoms with van der Waals surface area (Å²) >= 11 is 0. The van der Waals surface area contributed by atoms with Gasteiger partial charge in [0.15, 0.2) is 0 Å². The second-order valence-corrected chi connectivity index (χ2v) is 9.15. The van der Waals surface area contributed by atoms with Gasteiger partial charge in [-0.05, 0) is 60.4 Å². The summed E-state index contributed by atoms with van der Waals surface area (Å²) in [6.45, 7) is 8.54. The van der Waals surface area contributed by atoms with Gasteiger partial charge in [0.25, 0.3) is 0 Å². The van der Waals surface area contributed by atoms with Crippen LogP contribution in [0.2, 0.25) is 0 Å². The van der Waals surface area contributed by atoms with Crippen LogP contribution in [-0.4, -0.2) is 21.6 Å². The molecule has 2 aliphatic rings. The first-order valence-corrected chi connectivity index (χ1v) is 10.5. The van der Waals surface area contributed by atoms with Gasteiger partial charge < -0.3 is 15.5 Å². The molecule has 0 spiro atoms. The fourth-order valence-electron chi connectivity index (χ4n) is 5.31. The van der Waals surface area contributed by atoms with Crippen LogP contribution < -0.4 is 5.10 Å². The molecule has 30 heavy (non-hydrogen) atoms. The molecule has 2 unspecified atom stereocenters. The number of aromatic nitrogens is 4. The van der Waals surface area contributed by atoms with Crippen molar-refractivity contribution in [1.82, 2.24) is 20.2 Å². The van der Waals surface area contributed by atoms with E-state index in [9.17, 15) is 0 Å². The molecule has 2 aliphatic carbocycles. The molecule has 3 aromatic heterocycles. The van der Waals surface area contributed by atoms with Crippen LogP contribution in [0.4, 0.5) is 0 Å². The monoisotopic (exact) mass is 580 g/mol. The molecule has 6 heteroatoms. The zero-order chi connectivity index (χ0) is 20.1. The maximum atomic E-state index is 4.91. The normalized spacial score (nSPS) is 23.2. The van der Waals surface area contributed by atoms with Crippen molar-refractivity contribution in [2.75, 3.05) is 6.54 Å². The van der Waals surface area contributed by atoms with Crippen LogP contribution in [0.25, 0.3) is 16.7 Å². The standard InChI is InChI=1S/C24H27N5.Pt/c1-23(2)18-10-12-24(23,3)22-20(18)21(28-29-22)19-9-6-8-16(27-19)11-14-25-15-17-7-4-5-13-26-17;/h4-9,13,18H,10-12,14-15H2,1-3H3;/q-2;+2. The molecule has 1 saturated carbocycles. The van der Waals surface area contributed by atoms with E-state index in [1.807, 2.05) is 24.4 Å². The van der Waals surface area contributed by atoms with E-state index < -0.39 is 0 Å². The van der Waals surface area contributed by atoms with Crippen LogP contribution in [-0.2, 0) is 39.4 Å². The molecule has 1 fully saturated rings. The quantitative estimate of drug-likeness (QED) is 0.394. The third kappa shape index (κ3) is 3.27. The Balaban J connectivity index is 0.00000218. The maximum Gasteiger partial charge on any atom is 2.00 e. The molecule has 0 amide bonds. The largest absolute Gasteiger partial charge is 2.00 e. The van der Waals surface area contributed by atoms with E-state index >= 15 is 0 Å². The van der Waals surface area contributed by atoms with E-state index in [-0.39, 0.29) is 31.9 Å². The van der Waals surface area contributed by atoms with E-state index in [0.717, 1.165) is 35.7 Å². The average molecular weight is 581 g/mol. The summed E-state index contributed by atoms with van der Waals surface area (Å²) in [5, 5.41) is 13.9. The van der Waals surface area contributed by atoms with Gasteiger partial charge in [0.2, 0.25) is 0 Å². The van der Waals surface area contributed by atoms with Crippen molar-refractivity contribution in [2.45, 2.75) is 57.9 Å². The maximum absolute atomic E-state index is 4.91. The summed E-state index contributed by atoms with van der Waals surface area (Å²) in [5.74, 6) is 0.534. The summed E-state index contributed by atoms with van der Waals surface area (Å²) in [5.41, 5.74) is 6.95. The SMILES string of the molecule is CC12CCC(c3c1n[n-]c3-c1cccc(CC[N-]Cc3ccccn3)n1)C2(C)C.[Pt+2]. The van der Waals surface area contributed by atoms with Gasteiger partial charge in [-0.1, -0.05) is 38.6 Å². The molecule has 3 heterocycles. The van der Waals surface area contributed by atoms with Crippen LogP contribution in [0.5, 0.6) is 0 Å². The van der Waals surface area contributed by atoms with Crippen molar-refractivity contribution in [1.29, 1.82) is 0 Å². The number of fused-ring (bicyclic) bond motifs is 5. The van der Waals surface area contributed by atoms with E-state index in [0.29, 0.717) is 12.5 Å². The number of pyridine rings is 2. The van der Waals surface area contributed by atoms with Crippen LogP contribution in [0.3, 0.4) is 0 Å². The summed E-state index contributed by atoms with van der Waals surface area (Å²) < 4.78 is 0. The van der Waals surface area contributed by atoms with E-state index in [2.05, 4.69) is 59.5 Å². The van der Waals surface area contributed by atoms with Gasteiger partial charge in [0, 0.05) is 34.4 Å². The second kappa shape index (κ2) is 8.01. The first-order valence-electron chi connectivity index (χ1n) is 10.5. The summed E-state index contributed by atoms with van der Waals surface area (Å²) in [7, 11) is 0. The smallest absolute Gasteiger partial charge is 0.657 e. The molecule has 0 saturated heterocycles. The minimum Gasteiger partial charge on any atom is -0.657 e. The Morgan fingerprint density at radius 1 is 1.10 bits per heavy atom. The third-order valence-corrected chi connectivity index (χ3v) is 7.43. The Labute approximate surface area is 192 Å². The van der Waals surface area contributed by atoms with E-state index in [1.54, 1.807) is 0 Å². The van der Waals surface area contributed by atoms with E-state index in [1.165, 1.54) is 24.1 Å². The van der Waals surface area contributed by atoms with Gasteiger partial charge >= 0.3 is 21.1 Å². The van der Waals surface area contributed by atoms with Crippen molar-refractivity contribution < 1.29 is 21.1 Å². The van der Waals surface area contributed by atoms with Gasteiger partial charge in [0.05, 0.1) is 0 Å². The topological polar surface area (TPSA) is 66.9 Å². The first kappa shape index (κ1) is 21.4. The number of nitrogens with zero attached hydrogens (tertiary/aromatic N) is 5. The summed E-state index contributed by atoms with van der Waals surface area (Å²) in [6.07, 6.45) is 5.07. The number of hydrogen-bond donors (Lipinski definition) is 0. The Morgan fingerprint density at radius 2 is 1.93 bits per heavy atom. The zero-order valence-electron chi connectivity index (χ0n) is 17.7. The molecule has 0 aliphatic heterocycles. The summed E-state index contributed by atoms with van der Waals surface area (Å²) in [4.78, 5) is 9.23. The fourth-order valence-corrected chi connectivity index (χ4v) is 5.31. The number of rotatable bonds is 6. The Hall–Kier alpha value is -1.84. The Kier molecular flexibility index (Phi) is 5.71. The van der Waals surface area contributed by atoms with Crippen molar-refractivity contribution in [3.05, 3.63) is 70.6 Å². The molecular formula is C24H27N5Pt. The Bertz CT molecular complexity index is 1030. The molecule has 3 aromatic rings. The summed E-state index contributed by atoms with van der Waals surface area (Å²) in [6, 6.07) is 12.2. The molecular weight excluding hydrogens is 553 g/mol. The van der Waals surface area contributed by atoms with Gasteiger partial charge in [0.1, 0.15) is 0 Å². The molecule has 2 atom stereocenters. The number of hydrogen-bond acceptors (Lipinski definition) is 3. The van der Waals surface area contributed by atoms with E-state index in [4.69, 9.17) is 4.98 Å². The predicted octanol–water partition coefficient (Wildman–Crippen LogP) is 4.78. The van der Waals surface area contributed by atoms with Crippen molar-refractivity contribution >= 4 is 0 Å². The zero-order valence-corrected chi connectivity index (χ0v) is 20.0. The second-order valence-electron chi connectivity index (χ2n) is 9.15. The molecule has 5 rings (SSSR count). The molecule has 0 radical (unpaired) electrons. The molecule has 0 aromatic carbocycles. The van der Waals surface area contributed by atoms with Gasteiger partial charge in [-0.2, -0.15) is 0 Å². The first-order chi connectivity index (χ1) is 14.0. The minimum atomic E-state index is 0. The fraction of sp³-hybridized carbons (Fsp3) is 0.458. The van der Waals surface area contributed by atoms with Crippen LogP contribution >= 0.6 is 0 Å². The van der Waals surface area contributed by atoms with Gasteiger partial charge in [-0.3, -0.25) is 9.97 Å². The van der Waals surface area contributed by atoms with Crippen LogP contribution in [0.15, 0.2) is 42.6 Å². The van der Waals surface area contributed by atoms with Crippen LogP contribution in [0, 0.1) is 5.41 Å². The molecule has 2 bridgehead atoms. The van der Waals surface area contributed by atoms with Crippen molar-refractivity contribution in [3.8, 4) is 11.4 Å². The molecule has 158 valence electrons. The third-order valence-electron chi connectivity index (χ3n) is 7.43. The Morgan fingerprint density at radius 3 is 2.73 bits per heavy atom.